The van der Waals surface area contributed by atoms with E-state index in [1.165, 1.54) is 19.3 Å². The molecule has 2 rings (SSSR count). The molecule has 0 aliphatic heterocycles. The van der Waals surface area contributed by atoms with E-state index >= 15 is 0 Å². The zero-order valence-corrected chi connectivity index (χ0v) is 12.0. The molecule has 2 N–H and O–H groups in total. The lowest BCUT2D eigenvalue weighted by atomic mass is 10.2. The molecule has 1 amide bonds. The number of aryl methyl sites for hydroxylation is 1. The van der Waals surface area contributed by atoms with Gasteiger partial charge in [-0.25, -0.2) is 0 Å². The second kappa shape index (κ2) is 6.61. The van der Waals surface area contributed by atoms with Crippen LogP contribution in [0.2, 0.25) is 0 Å². The number of phenolic OH excluding ortho intramolecular Hbond substituents is 1. The maximum absolute atomic E-state index is 11.8. The summed E-state index contributed by atoms with van der Waals surface area (Å²) < 4.78 is 4.96. The van der Waals surface area contributed by atoms with Crippen molar-refractivity contribution in [2.75, 3.05) is 12.4 Å². The molecule has 0 unspecified atom stereocenters. The van der Waals surface area contributed by atoms with E-state index in [9.17, 15) is 9.90 Å². The Morgan fingerprint density at radius 3 is 2.52 bits per heavy atom. The van der Waals surface area contributed by atoms with E-state index in [1.807, 2.05) is 31.2 Å². The Morgan fingerprint density at radius 2 is 1.90 bits per heavy atom. The Hall–Kier alpha value is -2.75. The van der Waals surface area contributed by atoms with Gasteiger partial charge in [-0.15, -0.1) is 0 Å². The topological polar surface area (TPSA) is 58.6 Å². The third-order valence-corrected chi connectivity index (χ3v) is 2.95. The average Bonchev–Trinajstić information content (AvgIpc) is 2.48. The molecule has 108 valence electrons. The van der Waals surface area contributed by atoms with Crippen LogP contribution < -0.4 is 10.1 Å². The van der Waals surface area contributed by atoms with Crippen LogP contribution in [0.5, 0.6) is 11.5 Å². The number of anilines is 1. The number of amides is 1. The summed E-state index contributed by atoms with van der Waals surface area (Å²) in [5.41, 5.74) is 2.59. The normalized spacial score (nSPS) is 10.6. The molecule has 21 heavy (non-hydrogen) atoms. The SMILES string of the molecule is COc1ccc(/C=C/C(=O)Nc2ccc(C)cc2)cc1O. The van der Waals surface area contributed by atoms with E-state index in [-0.39, 0.29) is 11.7 Å². The quantitative estimate of drug-likeness (QED) is 0.846. The number of aromatic hydroxyl groups is 1. The molecule has 2 aromatic carbocycles. The van der Waals surface area contributed by atoms with Gasteiger partial charge in [0, 0.05) is 11.8 Å². The van der Waals surface area contributed by atoms with Crippen LogP contribution in [0, 0.1) is 6.92 Å². The van der Waals surface area contributed by atoms with Crippen molar-refractivity contribution in [3.05, 3.63) is 59.7 Å². The summed E-state index contributed by atoms with van der Waals surface area (Å²) in [4.78, 5) is 11.8. The lowest BCUT2D eigenvalue weighted by molar-refractivity contribution is -0.111. The second-order valence-electron chi connectivity index (χ2n) is 4.62. The van der Waals surface area contributed by atoms with Gasteiger partial charge in [-0.1, -0.05) is 23.8 Å². The molecule has 0 saturated carbocycles. The predicted octanol–water partition coefficient (Wildman–Crippen LogP) is 3.36. The molecule has 0 saturated heterocycles. The third-order valence-electron chi connectivity index (χ3n) is 2.95. The minimum Gasteiger partial charge on any atom is -0.504 e. The minimum absolute atomic E-state index is 0.0404. The molecular formula is C17H17NO3. The summed E-state index contributed by atoms with van der Waals surface area (Å²) in [5, 5.41) is 12.4. The van der Waals surface area contributed by atoms with E-state index in [0.717, 1.165) is 11.3 Å². The fourth-order valence-electron chi connectivity index (χ4n) is 1.80. The Labute approximate surface area is 123 Å². The number of carbonyl (C=O) groups is 1. The zero-order valence-electron chi connectivity index (χ0n) is 12.0. The number of carbonyl (C=O) groups excluding carboxylic acids is 1. The van der Waals surface area contributed by atoms with Crippen molar-refractivity contribution in [2.45, 2.75) is 6.92 Å². The maximum Gasteiger partial charge on any atom is 0.248 e. The van der Waals surface area contributed by atoms with Gasteiger partial charge >= 0.3 is 0 Å². The average molecular weight is 283 g/mol. The van der Waals surface area contributed by atoms with Crippen LogP contribution in [-0.2, 0) is 4.79 Å². The van der Waals surface area contributed by atoms with Crippen LogP contribution in [0.1, 0.15) is 11.1 Å². The fraction of sp³-hybridized carbons (Fsp3) is 0.118. The molecule has 4 heteroatoms. The summed E-state index contributed by atoms with van der Waals surface area (Å²) in [6.45, 7) is 1.99. The number of ether oxygens (including phenoxy) is 1. The van der Waals surface area contributed by atoms with Gasteiger partial charge in [0.2, 0.25) is 5.91 Å². The minimum atomic E-state index is -0.228. The molecule has 0 radical (unpaired) electrons. The van der Waals surface area contributed by atoms with Gasteiger partial charge < -0.3 is 15.2 Å². The zero-order chi connectivity index (χ0) is 15.2. The van der Waals surface area contributed by atoms with Crippen molar-refractivity contribution in [1.82, 2.24) is 0 Å². The van der Waals surface area contributed by atoms with E-state index < -0.39 is 0 Å². The number of phenols is 1. The molecule has 0 aliphatic rings. The van der Waals surface area contributed by atoms with Gasteiger partial charge in [-0.05, 0) is 42.8 Å². The molecule has 0 atom stereocenters. The van der Waals surface area contributed by atoms with Gasteiger partial charge in [0.05, 0.1) is 7.11 Å². The van der Waals surface area contributed by atoms with E-state index in [1.54, 1.807) is 18.2 Å². The van der Waals surface area contributed by atoms with Crippen molar-refractivity contribution in [1.29, 1.82) is 0 Å². The molecule has 0 aromatic heterocycles. The number of hydrogen-bond donors (Lipinski definition) is 2. The summed E-state index contributed by atoms with van der Waals surface area (Å²) in [7, 11) is 1.49. The van der Waals surface area contributed by atoms with E-state index in [2.05, 4.69) is 5.32 Å². The highest BCUT2D eigenvalue weighted by Gasteiger charge is 2.01. The molecule has 0 heterocycles. The lowest BCUT2D eigenvalue weighted by Crippen LogP contribution is -2.07. The standard InChI is InChI=1S/C17H17NO3/c1-12-3-7-14(8-4-12)18-17(20)10-6-13-5-9-16(21-2)15(19)11-13/h3-11,19H,1-2H3,(H,18,20)/b10-6+. The lowest BCUT2D eigenvalue weighted by Gasteiger charge is -2.04. The van der Waals surface area contributed by atoms with Crippen molar-refractivity contribution in [2.24, 2.45) is 0 Å². The van der Waals surface area contributed by atoms with Crippen molar-refractivity contribution < 1.29 is 14.6 Å². The first kappa shape index (κ1) is 14.7. The smallest absolute Gasteiger partial charge is 0.248 e. The van der Waals surface area contributed by atoms with Gasteiger partial charge in [-0.2, -0.15) is 0 Å². The van der Waals surface area contributed by atoms with Crippen LogP contribution in [0.25, 0.3) is 6.08 Å². The summed E-state index contributed by atoms with van der Waals surface area (Å²) >= 11 is 0. The highest BCUT2D eigenvalue weighted by atomic mass is 16.5. The highest BCUT2D eigenvalue weighted by molar-refractivity contribution is 6.01. The molecule has 0 bridgehead atoms. The Bertz CT molecular complexity index is 660. The van der Waals surface area contributed by atoms with Crippen LogP contribution in [0.3, 0.4) is 0 Å². The second-order valence-corrected chi connectivity index (χ2v) is 4.62. The fourth-order valence-corrected chi connectivity index (χ4v) is 1.80. The molecule has 2 aromatic rings. The molecule has 4 nitrogen and oxygen atoms in total. The Kier molecular flexibility index (Phi) is 4.61. The number of benzene rings is 2. The molecule has 0 aliphatic carbocycles. The number of nitrogens with one attached hydrogen (secondary N) is 1. The first-order chi connectivity index (χ1) is 10.1. The number of hydrogen-bond acceptors (Lipinski definition) is 3. The number of rotatable bonds is 4. The Morgan fingerprint density at radius 1 is 1.19 bits per heavy atom. The van der Waals surface area contributed by atoms with Gasteiger partial charge in [0.25, 0.3) is 0 Å². The van der Waals surface area contributed by atoms with Crippen molar-refractivity contribution >= 4 is 17.7 Å². The summed E-state index contributed by atoms with van der Waals surface area (Å²) in [6, 6.07) is 12.5. The van der Waals surface area contributed by atoms with Gasteiger partial charge in [0.1, 0.15) is 0 Å². The first-order valence-corrected chi connectivity index (χ1v) is 6.51. The van der Waals surface area contributed by atoms with Crippen LogP contribution >= 0.6 is 0 Å². The molecule has 0 spiro atoms. The predicted molar refractivity (Wildman–Crippen MR) is 83.5 cm³/mol. The van der Waals surface area contributed by atoms with Crippen LogP contribution in [-0.4, -0.2) is 18.1 Å². The van der Waals surface area contributed by atoms with Crippen molar-refractivity contribution in [3.63, 3.8) is 0 Å². The molecule has 0 fully saturated rings. The first-order valence-electron chi connectivity index (χ1n) is 6.51. The monoisotopic (exact) mass is 283 g/mol. The Balaban J connectivity index is 2.01. The van der Waals surface area contributed by atoms with Crippen LogP contribution in [0.4, 0.5) is 5.69 Å². The van der Waals surface area contributed by atoms with Crippen LogP contribution in [0.15, 0.2) is 48.5 Å². The highest BCUT2D eigenvalue weighted by Crippen LogP contribution is 2.26. The van der Waals surface area contributed by atoms with Gasteiger partial charge in [-0.3, -0.25) is 4.79 Å². The van der Waals surface area contributed by atoms with E-state index in [4.69, 9.17) is 4.74 Å². The van der Waals surface area contributed by atoms with E-state index in [0.29, 0.717) is 11.3 Å². The third kappa shape index (κ3) is 4.11. The van der Waals surface area contributed by atoms with Crippen molar-refractivity contribution in [3.8, 4) is 11.5 Å². The molecular weight excluding hydrogens is 266 g/mol. The summed E-state index contributed by atoms with van der Waals surface area (Å²) in [6.07, 6.45) is 3.05. The summed E-state index contributed by atoms with van der Waals surface area (Å²) in [5.74, 6) is 0.212. The van der Waals surface area contributed by atoms with Gasteiger partial charge in [0.15, 0.2) is 11.5 Å². The maximum atomic E-state index is 11.8. The number of methoxy groups -OCH3 is 1. The largest absolute Gasteiger partial charge is 0.504 e.